The minimum absolute atomic E-state index is 0.164. The molecule has 1 N–H and O–H groups in total. The molecule has 2 aliphatic rings. The van der Waals surface area contributed by atoms with Crippen molar-refractivity contribution in [3.8, 4) is 5.88 Å². The lowest BCUT2D eigenvalue weighted by molar-refractivity contribution is -0.142. The number of likely N-dealkylation sites (tertiary alicyclic amines) is 1. The summed E-state index contributed by atoms with van der Waals surface area (Å²) in [6, 6.07) is 9.63. The summed E-state index contributed by atoms with van der Waals surface area (Å²) < 4.78 is 41.0. The molecular weight excluding hydrogens is 432 g/mol. The molecule has 1 aromatic carbocycles. The van der Waals surface area contributed by atoms with Crippen molar-refractivity contribution in [2.45, 2.75) is 32.6 Å². The number of ether oxygens (including phenoxy) is 1. The molecule has 1 fully saturated rings. The summed E-state index contributed by atoms with van der Waals surface area (Å²) >= 11 is 0. The molecule has 1 saturated heterocycles. The van der Waals surface area contributed by atoms with Crippen LogP contribution in [0.4, 0.5) is 0 Å². The minimum atomic E-state index is -4.67. The van der Waals surface area contributed by atoms with Gasteiger partial charge in [-0.15, -0.1) is 0 Å². The summed E-state index contributed by atoms with van der Waals surface area (Å²) in [6.07, 6.45) is 3.11. The number of hydrogen-bond donors (Lipinski definition) is 1. The first-order valence-electron chi connectivity index (χ1n) is 10.5. The number of nitrogens with zero attached hydrogens (tertiary/aromatic N) is 2. The van der Waals surface area contributed by atoms with Gasteiger partial charge in [-0.3, -0.25) is 14.2 Å². The molecule has 170 valence electrons. The number of rotatable bonds is 4. The maximum absolute atomic E-state index is 11.7. The number of aryl methyl sites for hydroxylation is 3. The van der Waals surface area contributed by atoms with Gasteiger partial charge in [0, 0.05) is 24.7 Å². The standard InChI is InChI=1S/C23H26N2O6S/c1-15-3-7-19-18(13-15)5-4-17-6-8-20(31-32(27,28)29)24-23(17)22(19)16-9-11-25(12-10-16)14-21(26)30-2/h3,6-8,13H,4-5,9-12,14H2,1-2H3,(H,27,28,29). The van der Waals surface area contributed by atoms with E-state index in [1.165, 1.54) is 29.9 Å². The summed E-state index contributed by atoms with van der Waals surface area (Å²) in [4.78, 5) is 18.2. The number of benzene rings is 1. The maximum atomic E-state index is 11.7. The maximum Gasteiger partial charge on any atom is 0.447 e. The molecule has 2 heterocycles. The average Bonchev–Trinajstić information content (AvgIpc) is 2.89. The second-order valence-corrected chi connectivity index (χ2v) is 9.18. The van der Waals surface area contributed by atoms with Crippen molar-refractivity contribution in [2.24, 2.45) is 0 Å². The van der Waals surface area contributed by atoms with Gasteiger partial charge in [0.1, 0.15) is 0 Å². The zero-order chi connectivity index (χ0) is 22.9. The van der Waals surface area contributed by atoms with Crippen molar-refractivity contribution in [3.05, 3.63) is 63.9 Å². The Kier molecular flexibility index (Phi) is 6.32. The molecule has 0 spiro atoms. The first-order valence-corrected chi connectivity index (χ1v) is 11.9. The predicted octanol–water partition coefficient (Wildman–Crippen LogP) is 2.74. The van der Waals surface area contributed by atoms with Crippen LogP contribution in [0, 0.1) is 6.92 Å². The molecule has 1 aliphatic heterocycles. The summed E-state index contributed by atoms with van der Waals surface area (Å²) in [5.41, 5.74) is 7.37. The fourth-order valence-corrected chi connectivity index (χ4v) is 4.76. The van der Waals surface area contributed by atoms with Crippen molar-refractivity contribution in [2.75, 3.05) is 26.7 Å². The van der Waals surface area contributed by atoms with E-state index in [9.17, 15) is 13.2 Å². The van der Waals surface area contributed by atoms with Crippen LogP contribution in [0.3, 0.4) is 0 Å². The van der Waals surface area contributed by atoms with Crippen molar-refractivity contribution >= 4 is 21.9 Å². The minimum Gasteiger partial charge on any atom is -0.468 e. The fraction of sp³-hybridized carbons (Fsp3) is 0.391. The van der Waals surface area contributed by atoms with Crippen LogP contribution in [0.15, 0.2) is 35.9 Å². The molecule has 4 rings (SSSR count). The van der Waals surface area contributed by atoms with Gasteiger partial charge in [0.25, 0.3) is 0 Å². The summed E-state index contributed by atoms with van der Waals surface area (Å²) in [6.45, 7) is 3.75. The SMILES string of the molecule is COC(=O)CN1CCC(=C2c3ccc(C)cc3CCc3ccc(OS(=O)(=O)O)nc32)CC1. The van der Waals surface area contributed by atoms with Crippen molar-refractivity contribution in [1.29, 1.82) is 0 Å². The number of hydrogen-bond acceptors (Lipinski definition) is 7. The Bertz CT molecular complexity index is 1180. The lowest BCUT2D eigenvalue weighted by atomic mass is 9.88. The van der Waals surface area contributed by atoms with E-state index in [0.717, 1.165) is 42.4 Å². The van der Waals surface area contributed by atoms with E-state index in [1.54, 1.807) is 0 Å². The van der Waals surface area contributed by atoms with Gasteiger partial charge in [-0.1, -0.05) is 35.4 Å². The number of piperidine rings is 1. The number of pyridine rings is 1. The van der Waals surface area contributed by atoms with Crippen molar-refractivity contribution < 1.29 is 26.7 Å². The van der Waals surface area contributed by atoms with Gasteiger partial charge in [-0.25, -0.2) is 4.98 Å². The van der Waals surface area contributed by atoms with E-state index in [-0.39, 0.29) is 18.4 Å². The van der Waals surface area contributed by atoms with Crippen molar-refractivity contribution in [1.82, 2.24) is 9.88 Å². The smallest absolute Gasteiger partial charge is 0.447 e. The number of carbonyl (C=O) groups excluding carboxylic acids is 1. The van der Waals surface area contributed by atoms with E-state index in [2.05, 4.69) is 39.2 Å². The van der Waals surface area contributed by atoms with Gasteiger partial charge in [-0.05, 0) is 49.3 Å². The van der Waals surface area contributed by atoms with E-state index in [1.807, 2.05) is 6.07 Å². The molecule has 0 amide bonds. The third-order valence-electron chi connectivity index (χ3n) is 5.97. The van der Waals surface area contributed by atoms with Crippen LogP contribution in [0.5, 0.6) is 5.88 Å². The molecule has 0 atom stereocenters. The normalized spacial score (nSPS) is 16.7. The van der Waals surface area contributed by atoms with Gasteiger partial charge in [0.05, 0.1) is 19.3 Å². The van der Waals surface area contributed by atoms with Crippen LogP contribution >= 0.6 is 0 Å². The van der Waals surface area contributed by atoms with E-state index in [0.29, 0.717) is 18.8 Å². The molecule has 0 radical (unpaired) electrons. The van der Waals surface area contributed by atoms with E-state index >= 15 is 0 Å². The Hall–Kier alpha value is -2.75. The molecule has 2 aromatic rings. The Morgan fingerprint density at radius 2 is 1.81 bits per heavy atom. The first kappa shape index (κ1) is 22.4. The highest BCUT2D eigenvalue weighted by atomic mass is 32.3. The highest BCUT2D eigenvalue weighted by Crippen LogP contribution is 2.38. The fourth-order valence-electron chi connectivity index (χ4n) is 4.45. The summed E-state index contributed by atoms with van der Waals surface area (Å²) in [5.74, 6) is -0.418. The number of fused-ring (bicyclic) bond motifs is 2. The lowest BCUT2D eigenvalue weighted by Gasteiger charge is -2.29. The highest BCUT2D eigenvalue weighted by Gasteiger charge is 2.26. The third-order valence-corrected chi connectivity index (χ3v) is 6.35. The lowest BCUT2D eigenvalue weighted by Crippen LogP contribution is -2.36. The molecule has 0 unspecified atom stereocenters. The second-order valence-electron chi connectivity index (χ2n) is 8.16. The zero-order valence-corrected chi connectivity index (χ0v) is 18.9. The molecule has 1 aromatic heterocycles. The molecule has 32 heavy (non-hydrogen) atoms. The predicted molar refractivity (Wildman–Crippen MR) is 119 cm³/mol. The average molecular weight is 459 g/mol. The van der Waals surface area contributed by atoms with Crippen LogP contribution in [-0.2, 0) is 32.8 Å². The molecule has 1 aliphatic carbocycles. The summed E-state index contributed by atoms with van der Waals surface area (Å²) in [5, 5.41) is 0. The number of esters is 1. The molecule has 9 heteroatoms. The zero-order valence-electron chi connectivity index (χ0n) is 18.1. The molecule has 8 nitrogen and oxygen atoms in total. The first-order chi connectivity index (χ1) is 15.2. The Morgan fingerprint density at radius 1 is 1.09 bits per heavy atom. The molecule has 0 bridgehead atoms. The molecular formula is C23H26N2O6S. The molecule has 0 saturated carbocycles. The van der Waals surface area contributed by atoms with Crippen LogP contribution in [0.2, 0.25) is 0 Å². The van der Waals surface area contributed by atoms with Crippen LogP contribution in [0.25, 0.3) is 5.57 Å². The van der Waals surface area contributed by atoms with Gasteiger partial charge in [0.15, 0.2) is 0 Å². The largest absolute Gasteiger partial charge is 0.468 e. The van der Waals surface area contributed by atoms with Gasteiger partial charge in [-0.2, -0.15) is 8.42 Å². The van der Waals surface area contributed by atoms with Crippen LogP contribution in [-0.4, -0.2) is 55.6 Å². The van der Waals surface area contributed by atoms with Gasteiger partial charge < -0.3 is 8.92 Å². The number of aromatic nitrogens is 1. The van der Waals surface area contributed by atoms with E-state index in [4.69, 9.17) is 9.29 Å². The number of methoxy groups -OCH3 is 1. The third kappa shape index (κ3) is 5.01. The van der Waals surface area contributed by atoms with Gasteiger partial charge in [0.2, 0.25) is 5.88 Å². The van der Waals surface area contributed by atoms with Crippen LogP contribution in [0.1, 0.15) is 40.8 Å². The Balaban J connectivity index is 1.79. The Labute approximate surface area is 187 Å². The quantitative estimate of drug-likeness (QED) is 0.551. The second kappa shape index (κ2) is 9.01. The van der Waals surface area contributed by atoms with Crippen molar-refractivity contribution in [3.63, 3.8) is 0 Å². The van der Waals surface area contributed by atoms with Gasteiger partial charge >= 0.3 is 16.4 Å². The van der Waals surface area contributed by atoms with E-state index < -0.39 is 10.4 Å². The number of carbonyl (C=O) groups is 1. The Morgan fingerprint density at radius 3 is 2.50 bits per heavy atom. The highest BCUT2D eigenvalue weighted by molar-refractivity contribution is 7.81. The van der Waals surface area contributed by atoms with Crippen LogP contribution < -0.4 is 4.18 Å². The summed E-state index contributed by atoms with van der Waals surface area (Å²) in [7, 11) is -3.28. The topological polar surface area (TPSA) is 106 Å². The monoisotopic (exact) mass is 458 g/mol.